The van der Waals surface area contributed by atoms with Crippen molar-refractivity contribution in [3.8, 4) is 11.4 Å². The number of hydrogen-bond donors (Lipinski definition) is 0. The van der Waals surface area contributed by atoms with E-state index >= 15 is 0 Å². The average Bonchev–Trinajstić information content (AvgIpc) is 2.83. The van der Waals surface area contributed by atoms with Crippen LogP contribution in [0.4, 0.5) is 0 Å². The highest BCUT2D eigenvalue weighted by molar-refractivity contribution is 5.91. The molecule has 0 spiro atoms. The molecule has 0 unspecified atom stereocenters. The lowest BCUT2D eigenvalue weighted by Gasteiger charge is -2.21. The minimum atomic E-state index is -0.327. The number of hydrogen-bond acceptors (Lipinski definition) is 4. The van der Waals surface area contributed by atoms with Crippen molar-refractivity contribution in [1.29, 1.82) is 0 Å². The van der Waals surface area contributed by atoms with E-state index in [0.717, 1.165) is 17.1 Å². The smallest absolute Gasteiger partial charge is 0.340 e. The van der Waals surface area contributed by atoms with Crippen molar-refractivity contribution in [3.05, 3.63) is 35.7 Å². The molecular weight excluding hydrogens is 266 g/mol. The lowest BCUT2D eigenvalue weighted by atomic mass is 9.88. The van der Waals surface area contributed by atoms with E-state index in [9.17, 15) is 4.79 Å². The molecule has 2 rings (SSSR count). The Labute approximate surface area is 125 Å². The van der Waals surface area contributed by atoms with Gasteiger partial charge < -0.3 is 4.74 Å². The monoisotopic (exact) mass is 287 g/mol. The molecule has 2 aromatic rings. The van der Waals surface area contributed by atoms with Crippen LogP contribution < -0.4 is 0 Å². The van der Waals surface area contributed by atoms with Gasteiger partial charge in [-0.2, -0.15) is 5.10 Å². The number of carbonyl (C=O) groups is 1. The Kier molecular flexibility index (Phi) is 4.11. The molecule has 0 N–H and O–H groups in total. The lowest BCUT2D eigenvalue weighted by molar-refractivity contribution is 0.0523. The molecular formula is C16H21N3O2. The number of aromatic nitrogens is 3. The fourth-order valence-corrected chi connectivity index (χ4v) is 2.17. The van der Waals surface area contributed by atoms with Crippen molar-refractivity contribution >= 4 is 5.97 Å². The molecule has 0 aromatic carbocycles. The van der Waals surface area contributed by atoms with Crippen molar-refractivity contribution in [1.82, 2.24) is 14.8 Å². The average molecular weight is 287 g/mol. The Morgan fingerprint density at radius 2 is 2.00 bits per heavy atom. The van der Waals surface area contributed by atoms with Crippen molar-refractivity contribution in [3.63, 3.8) is 0 Å². The van der Waals surface area contributed by atoms with E-state index in [1.54, 1.807) is 23.9 Å². The number of ether oxygens (including phenoxy) is 1. The number of esters is 1. The van der Waals surface area contributed by atoms with Crippen LogP contribution in [0.1, 0.15) is 43.7 Å². The summed E-state index contributed by atoms with van der Waals surface area (Å²) < 4.78 is 6.88. The molecule has 0 aliphatic heterocycles. The van der Waals surface area contributed by atoms with Gasteiger partial charge in [-0.1, -0.05) is 20.8 Å². The van der Waals surface area contributed by atoms with E-state index in [4.69, 9.17) is 4.74 Å². The molecule has 0 bridgehead atoms. The van der Waals surface area contributed by atoms with Crippen LogP contribution in [0.25, 0.3) is 11.4 Å². The van der Waals surface area contributed by atoms with Gasteiger partial charge in [-0.25, -0.2) is 9.78 Å². The van der Waals surface area contributed by atoms with E-state index in [1.807, 2.05) is 40.0 Å². The molecule has 0 saturated heterocycles. The van der Waals surface area contributed by atoms with Gasteiger partial charge in [-0.15, -0.1) is 0 Å². The predicted molar refractivity (Wildman–Crippen MR) is 81.1 cm³/mol. The quantitative estimate of drug-likeness (QED) is 0.814. The van der Waals surface area contributed by atoms with Gasteiger partial charge in [0.2, 0.25) is 0 Å². The second-order valence-electron chi connectivity index (χ2n) is 5.90. The number of rotatable bonds is 3. The van der Waals surface area contributed by atoms with E-state index in [2.05, 4.69) is 10.1 Å². The van der Waals surface area contributed by atoms with Crippen LogP contribution >= 0.6 is 0 Å². The van der Waals surface area contributed by atoms with Gasteiger partial charge in [0.15, 0.2) is 0 Å². The summed E-state index contributed by atoms with van der Waals surface area (Å²) in [6, 6.07) is 5.52. The SMILES string of the molecule is CCOC(=O)c1ccc(-c2ccnn2C)nc1C(C)(C)C. The number of nitrogens with zero attached hydrogens (tertiary/aromatic N) is 3. The minimum Gasteiger partial charge on any atom is -0.462 e. The van der Waals surface area contributed by atoms with E-state index in [1.165, 1.54) is 0 Å². The molecule has 2 heterocycles. The second kappa shape index (κ2) is 5.68. The van der Waals surface area contributed by atoms with Crippen LogP contribution in [0.5, 0.6) is 0 Å². The molecule has 0 aliphatic carbocycles. The maximum Gasteiger partial charge on any atom is 0.340 e. The zero-order chi connectivity index (χ0) is 15.6. The molecule has 0 aliphatic rings. The normalized spacial score (nSPS) is 11.5. The first-order valence-electron chi connectivity index (χ1n) is 7.01. The maximum atomic E-state index is 12.1. The fourth-order valence-electron chi connectivity index (χ4n) is 2.17. The number of carbonyl (C=O) groups excluding carboxylic acids is 1. The summed E-state index contributed by atoms with van der Waals surface area (Å²) in [6.45, 7) is 8.25. The highest BCUT2D eigenvalue weighted by Crippen LogP contribution is 2.27. The van der Waals surface area contributed by atoms with Crippen LogP contribution in [0.3, 0.4) is 0 Å². The second-order valence-corrected chi connectivity index (χ2v) is 5.90. The summed E-state index contributed by atoms with van der Waals surface area (Å²) in [5.74, 6) is -0.327. The highest BCUT2D eigenvalue weighted by atomic mass is 16.5. The first-order valence-corrected chi connectivity index (χ1v) is 7.01. The van der Waals surface area contributed by atoms with Gasteiger partial charge in [-0.05, 0) is 25.1 Å². The van der Waals surface area contributed by atoms with Gasteiger partial charge in [0.25, 0.3) is 0 Å². The Bertz CT molecular complexity index is 654. The van der Waals surface area contributed by atoms with Gasteiger partial charge in [0, 0.05) is 18.7 Å². The van der Waals surface area contributed by atoms with Crippen LogP contribution in [0.15, 0.2) is 24.4 Å². The third-order valence-corrected chi connectivity index (χ3v) is 3.18. The molecule has 2 aromatic heterocycles. The Hall–Kier alpha value is -2.17. The third kappa shape index (κ3) is 3.12. The van der Waals surface area contributed by atoms with Crippen LogP contribution in [-0.2, 0) is 17.2 Å². The van der Waals surface area contributed by atoms with E-state index in [0.29, 0.717) is 12.2 Å². The van der Waals surface area contributed by atoms with Crippen molar-refractivity contribution < 1.29 is 9.53 Å². The summed E-state index contributed by atoms with van der Waals surface area (Å²) in [4.78, 5) is 16.8. The summed E-state index contributed by atoms with van der Waals surface area (Å²) >= 11 is 0. The summed E-state index contributed by atoms with van der Waals surface area (Å²) in [7, 11) is 1.87. The molecule has 0 saturated carbocycles. The molecule has 0 fully saturated rings. The van der Waals surface area contributed by atoms with Crippen molar-refractivity contribution in [2.45, 2.75) is 33.1 Å². The fraction of sp³-hybridized carbons (Fsp3) is 0.438. The summed E-state index contributed by atoms with van der Waals surface area (Å²) in [5.41, 5.74) is 2.72. The van der Waals surface area contributed by atoms with Crippen molar-refractivity contribution in [2.75, 3.05) is 6.61 Å². The molecule has 0 radical (unpaired) electrons. The largest absolute Gasteiger partial charge is 0.462 e. The molecule has 0 amide bonds. The molecule has 112 valence electrons. The Morgan fingerprint density at radius 3 is 2.52 bits per heavy atom. The Balaban J connectivity index is 2.55. The van der Waals surface area contributed by atoms with Crippen molar-refractivity contribution in [2.24, 2.45) is 7.05 Å². The van der Waals surface area contributed by atoms with E-state index in [-0.39, 0.29) is 11.4 Å². The Morgan fingerprint density at radius 1 is 1.29 bits per heavy atom. The van der Waals surface area contributed by atoms with E-state index < -0.39 is 0 Å². The molecule has 5 heteroatoms. The standard InChI is InChI=1S/C16H21N3O2/c1-6-21-15(20)11-7-8-12(13-9-10-17-19(13)5)18-14(11)16(2,3)4/h7-10H,6H2,1-5H3. The number of aryl methyl sites for hydroxylation is 1. The topological polar surface area (TPSA) is 57.0 Å². The molecule has 0 atom stereocenters. The zero-order valence-electron chi connectivity index (χ0n) is 13.2. The first-order chi connectivity index (χ1) is 9.84. The highest BCUT2D eigenvalue weighted by Gasteiger charge is 2.25. The molecule has 5 nitrogen and oxygen atoms in total. The van der Waals surface area contributed by atoms with Gasteiger partial charge >= 0.3 is 5.97 Å². The summed E-state index contributed by atoms with van der Waals surface area (Å²) in [5, 5.41) is 4.16. The van der Waals surface area contributed by atoms with Gasteiger partial charge in [0.05, 0.1) is 29.3 Å². The van der Waals surface area contributed by atoms with Gasteiger partial charge in [0.1, 0.15) is 0 Å². The van der Waals surface area contributed by atoms with Crippen LogP contribution in [-0.4, -0.2) is 27.3 Å². The minimum absolute atomic E-state index is 0.253. The molecule has 21 heavy (non-hydrogen) atoms. The lowest BCUT2D eigenvalue weighted by Crippen LogP contribution is -2.21. The van der Waals surface area contributed by atoms with Crippen LogP contribution in [0, 0.1) is 0 Å². The number of pyridine rings is 1. The zero-order valence-corrected chi connectivity index (χ0v) is 13.2. The predicted octanol–water partition coefficient (Wildman–Crippen LogP) is 2.96. The third-order valence-electron chi connectivity index (χ3n) is 3.18. The van der Waals surface area contributed by atoms with Crippen LogP contribution in [0.2, 0.25) is 0 Å². The maximum absolute atomic E-state index is 12.1. The summed E-state index contributed by atoms with van der Waals surface area (Å²) in [6.07, 6.45) is 1.73. The van der Waals surface area contributed by atoms with Gasteiger partial charge in [-0.3, -0.25) is 4.68 Å². The first kappa shape index (κ1) is 15.2.